The van der Waals surface area contributed by atoms with E-state index in [1.54, 1.807) is 48.5 Å². The average molecular weight is 364 g/mol. The second-order valence-electron chi connectivity index (χ2n) is 5.61. The van der Waals surface area contributed by atoms with Crippen LogP contribution in [0.1, 0.15) is 31.3 Å². The quantitative estimate of drug-likeness (QED) is 0.439. The Kier molecular flexibility index (Phi) is 5.32. The fourth-order valence-corrected chi connectivity index (χ4v) is 2.50. The highest BCUT2D eigenvalue weighted by Crippen LogP contribution is 2.17. The number of rotatable bonds is 7. The molecule has 0 saturated heterocycles. The van der Waals surface area contributed by atoms with Crippen molar-refractivity contribution in [3.05, 3.63) is 89.9 Å². The molecule has 0 unspecified atom stereocenters. The first-order chi connectivity index (χ1) is 13.1. The standard InChI is InChI=1S/C20H16N2O5/c23-17(13-7-2-1-3-8-13)18(22-19(24)16-11-6-12-27-16)21-15-10-5-4-9-14(15)20(25)26/h1-12,18,21H,(H,22,24)(H,25,26)/t18-/m0/s1. The van der Waals surface area contributed by atoms with E-state index < -0.39 is 23.8 Å². The Hall–Kier alpha value is -3.87. The summed E-state index contributed by atoms with van der Waals surface area (Å²) in [6, 6.07) is 17.5. The number of Topliss-reactive ketones (excluding diaryl/α,β-unsaturated/α-hetero) is 1. The lowest BCUT2D eigenvalue weighted by atomic mass is 10.1. The van der Waals surface area contributed by atoms with Gasteiger partial charge < -0.3 is 20.2 Å². The number of hydrogen-bond acceptors (Lipinski definition) is 5. The number of ketones is 1. The van der Waals surface area contributed by atoms with Gasteiger partial charge in [-0.15, -0.1) is 0 Å². The maximum Gasteiger partial charge on any atom is 0.337 e. The first-order valence-electron chi connectivity index (χ1n) is 8.09. The van der Waals surface area contributed by atoms with Crippen LogP contribution in [-0.2, 0) is 0 Å². The summed E-state index contributed by atoms with van der Waals surface area (Å²) >= 11 is 0. The molecular weight excluding hydrogens is 348 g/mol. The van der Waals surface area contributed by atoms with Crippen molar-refractivity contribution in [2.24, 2.45) is 0 Å². The maximum absolute atomic E-state index is 12.9. The molecule has 0 saturated carbocycles. The van der Waals surface area contributed by atoms with E-state index in [9.17, 15) is 19.5 Å². The molecule has 0 aliphatic carbocycles. The van der Waals surface area contributed by atoms with Crippen LogP contribution in [0.3, 0.4) is 0 Å². The zero-order valence-corrected chi connectivity index (χ0v) is 14.1. The van der Waals surface area contributed by atoms with Gasteiger partial charge in [-0.2, -0.15) is 0 Å². The van der Waals surface area contributed by atoms with E-state index in [0.717, 1.165) is 0 Å². The summed E-state index contributed by atoms with van der Waals surface area (Å²) in [6.45, 7) is 0. The van der Waals surface area contributed by atoms with E-state index in [0.29, 0.717) is 5.56 Å². The Bertz CT molecular complexity index is 952. The molecule has 1 atom stereocenters. The third-order valence-corrected chi connectivity index (χ3v) is 3.80. The molecule has 0 bridgehead atoms. The van der Waals surface area contributed by atoms with Crippen LogP contribution in [0.25, 0.3) is 0 Å². The predicted molar refractivity (Wildman–Crippen MR) is 97.8 cm³/mol. The van der Waals surface area contributed by atoms with Crippen LogP contribution in [0, 0.1) is 0 Å². The van der Waals surface area contributed by atoms with Gasteiger partial charge in [0.15, 0.2) is 11.9 Å². The molecule has 27 heavy (non-hydrogen) atoms. The molecule has 0 aliphatic heterocycles. The molecule has 0 fully saturated rings. The molecule has 1 aromatic heterocycles. The summed E-state index contributed by atoms with van der Waals surface area (Å²) in [4.78, 5) is 36.7. The topological polar surface area (TPSA) is 109 Å². The Labute approximate surface area is 154 Å². The van der Waals surface area contributed by atoms with Crippen molar-refractivity contribution in [3.8, 4) is 0 Å². The molecule has 2 aromatic carbocycles. The number of carboxylic acid groups (broad SMARTS) is 1. The van der Waals surface area contributed by atoms with Gasteiger partial charge in [0.2, 0.25) is 5.78 Å². The third-order valence-electron chi connectivity index (χ3n) is 3.80. The van der Waals surface area contributed by atoms with Crippen LogP contribution in [0.5, 0.6) is 0 Å². The number of para-hydroxylation sites is 1. The Morgan fingerprint density at radius 1 is 0.889 bits per heavy atom. The highest BCUT2D eigenvalue weighted by molar-refractivity contribution is 6.05. The van der Waals surface area contributed by atoms with Crippen LogP contribution in [0.15, 0.2) is 77.4 Å². The lowest BCUT2D eigenvalue weighted by molar-refractivity contribution is 0.0697. The summed E-state index contributed by atoms with van der Waals surface area (Å²) in [5, 5.41) is 14.7. The van der Waals surface area contributed by atoms with Crippen molar-refractivity contribution in [2.75, 3.05) is 5.32 Å². The third kappa shape index (κ3) is 4.21. The lowest BCUT2D eigenvalue weighted by Gasteiger charge is -2.21. The number of nitrogens with one attached hydrogen (secondary N) is 2. The number of carbonyl (C=O) groups is 3. The van der Waals surface area contributed by atoms with E-state index >= 15 is 0 Å². The molecule has 7 nitrogen and oxygen atoms in total. The predicted octanol–water partition coefficient (Wildman–Crippen LogP) is 3.03. The minimum Gasteiger partial charge on any atom is -0.478 e. The average Bonchev–Trinajstić information content (AvgIpc) is 3.23. The van der Waals surface area contributed by atoms with Crippen molar-refractivity contribution >= 4 is 23.3 Å². The van der Waals surface area contributed by atoms with Crippen LogP contribution < -0.4 is 10.6 Å². The Morgan fingerprint density at radius 2 is 1.59 bits per heavy atom. The van der Waals surface area contributed by atoms with Gasteiger partial charge in [-0.25, -0.2) is 4.79 Å². The van der Waals surface area contributed by atoms with Gasteiger partial charge in [0.25, 0.3) is 5.91 Å². The minimum absolute atomic E-state index is 0.0180. The van der Waals surface area contributed by atoms with Gasteiger partial charge in [-0.1, -0.05) is 42.5 Å². The number of benzene rings is 2. The summed E-state index contributed by atoms with van der Waals surface area (Å²) in [7, 11) is 0. The zero-order chi connectivity index (χ0) is 19.2. The van der Waals surface area contributed by atoms with Crippen LogP contribution in [-0.4, -0.2) is 28.9 Å². The maximum atomic E-state index is 12.9. The van der Waals surface area contributed by atoms with E-state index in [1.165, 1.54) is 24.5 Å². The van der Waals surface area contributed by atoms with Crippen molar-refractivity contribution in [1.82, 2.24) is 5.32 Å². The molecular formula is C20H16N2O5. The fraction of sp³-hybridized carbons (Fsp3) is 0.0500. The molecule has 3 aromatic rings. The number of anilines is 1. The smallest absolute Gasteiger partial charge is 0.337 e. The monoisotopic (exact) mass is 364 g/mol. The lowest BCUT2D eigenvalue weighted by Crippen LogP contribution is -2.46. The second kappa shape index (κ2) is 8.01. The molecule has 3 N–H and O–H groups in total. The van der Waals surface area contributed by atoms with Crippen molar-refractivity contribution in [3.63, 3.8) is 0 Å². The number of furan rings is 1. The van der Waals surface area contributed by atoms with E-state index in [1.807, 2.05) is 0 Å². The summed E-state index contributed by atoms with van der Waals surface area (Å²) in [6.07, 6.45) is 0.154. The molecule has 0 aliphatic rings. The van der Waals surface area contributed by atoms with Crippen LogP contribution >= 0.6 is 0 Å². The van der Waals surface area contributed by atoms with Crippen molar-refractivity contribution in [2.45, 2.75) is 6.17 Å². The Morgan fingerprint density at radius 3 is 2.26 bits per heavy atom. The fourth-order valence-electron chi connectivity index (χ4n) is 2.50. The molecule has 3 rings (SSSR count). The number of carbonyl (C=O) groups excluding carboxylic acids is 2. The normalized spacial score (nSPS) is 11.4. The summed E-state index contributed by atoms with van der Waals surface area (Å²) < 4.78 is 5.05. The van der Waals surface area contributed by atoms with Crippen LogP contribution in [0.4, 0.5) is 5.69 Å². The molecule has 1 amide bonds. The van der Waals surface area contributed by atoms with Gasteiger partial charge in [0.1, 0.15) is 0 Å². The van der Waals surface area contributed by atoms with Gasteiger partial charge >= 0.3 is 5.97 Å². The van der Waals surface area contributed by atoms with E-state index in [-0.39, 0.29) is 17.0 Å². The first-order valence-corrected chi connectivity index (χ1v) is 8.09. The molecule has 136 valence electrons. The van der Waals surface area contributed by atoms with E-state index in [2.05, 4.69) is 10.6 Å². The zero-order valence-electron chi connectivity index (χ0n) is 14.1. The van der Waals surface area contributed by atoms with Crippen molar-refractivity contribution in [1.29, 1.82) is 0 Å². The number of amides is 1. The highest BCUT2D eigenvalue weighted by Gasteiger charge is 2.25. The van der Waals surface area contributed by atoms with E-state index in [4.69, 9.17) is 4.42 Å². The van der Waals surface area contributed by atoms with Gasteiger partial charge in [0, 0.05) is 5.56 Å². The molecule has 0 spiro atoms. The first kappa shape index (κ1) is 17.9. The SMILES string of the molecule is O=C(N[C@H](Nc1ccccc1C(=O)O)C(=O)c1ccccc1)c1ccco1. The van der Waals surface area contributed by atoms with Gasteiger partial charge in [0.05, 0.1) is 17.5 Å². The molecule has 7 heteroatoms. The van der Waals surface area contributed by atoms with Gasteiger partial charge in [-0.3, -0.25) is 9.59 Å². The summed E-state index contributed by atoms with van der Waals surface area (Å²) in [5.41, 5.74) is 0.553. The summed E-state index contributed by atoms with van der Waals surface area (Å²) in [5.74, 6) is -2.14. The Balaban J connectivity index is 1.91. The van der Waals surface area contributed by atoms with Gasteiger partial charge in [-0.05, 0) is 24.3 Å². The van der Waals surface area contributed by atoms with Crippen molar-refractivity contribution < 1.29 is 23.9 Å². The molecule has 1 heterocycles. The minimum atomic E-state index is -1.19. The van der Waals surface area contributed by atoms with Crippen LogP contribution in [0.2, 0.25) is 0 Å². The second-order valence-corrected chi connectivity index (χ2v) is 5.61. The number of aromatic carboxylic acids is 1. The highest BCUT2D eigenvalue weighted by atomic mass is 16.4. The largest absolute Gasteiger partial charge is 0.478 e. The number of carboxylic acids is 1. The number of hydrogen-bond donors (Lipinski definition) is 3. The molecule has 0 radical (unpaired) electrons.